The smallest absolute Gasteiger partial charge is 0.411 e. The first-order valence-corrected chi connectivity index (χ1v) is 11.8. The maximum atomic E-state index is 11.8. The first kappa shape index (κ1) is 18.1. The van der Waals surface area contributed by atoms with Gasteiger partial charge in [0.25, 0.3) is 0 Å². The van der Waals surface area contributed by atoms with E-state index in [2.05, 4.69) is 25.0 Å². The molecule has 0 aromatic heterocycles. The molecule has 0 aliphatic carbocycles. The van der Waals surface area contributed by atoms with Crippen molar-refractivity contribution in [1.29, 1.82) is 0 Å². The molecule has 128 valence electrons. The topological polar surface area (TPSA) is 47.6 Å². The molecule has 2 rings (SSSR count). The van der Waals surface area contributed by atoms with Crippen molar-refractivity contribution in [3.05, 3.63) is 60.2 Å². The molecule has 1 N–H and O–H groups in total. The minimum absolute atomic E-state index is 0.423. The fourth-order valence-electron chi connectivity index (χ4n) is 2.01. The summed E-state index contributed by atoms with van der Waals surface area (Å²) in [6.45, 7) is 7.71. The summed E-state index contributed by atoms with van der Waals surface area (Å²) in [5.41, 5.74) is 1.76. The van der Waals surface area contributed by atoms with Crippen molar-refractivity contribution < 1.29 is 14.3 Å². The summed E-state index contributed by atoms with van der Waals surface area (Å²) in [5, 5.41) is 2.74. The second-order valence-corrected chi connectivity index (χ2v) is 12.5. The van der Waals surface area contributed by atoms with E-state index in [1.165, 1.54) is 0 Å². The van der Waals surface area contributed by atoms with Crippen LogP contribution >= 0.6 is 0 Å². The minimum atomic E-state index is -1.19. The molecular weight excluding hydrogens is 318 g/mol. The number of rotatable bonds is 7. The monoisotopic (exact) mass is 343 g/mol. The van der Waals surface area contributed by atoms with Crippen LogP contribution in [0.25, 0.3) is 0 Å². The molecule has 0 spiro atoms. The summed E-state index contributed by atoms with van der Waals surface area (Å²) in [4.78, 5) is 11.8. The maximum absolute atomic E-state index is 11.8. The van der Waals surface area contributed by atoms with E-state index in [0.29, 0.717) is 24.7 Å². The summed E-state index contributed by atoms with van der Waals surface area (Å²) in [5.74, 6) is 0.707. The van der Waals surface area contributed by atoms with Crippen LogP contribution in [0.15, 0.2) is 54.6 Å². The number of hydrogen-bond donors (Lipinski definition) is 1. The SMILES string of the molecule is C[Si](C)(C)CCOC(=O)Nc1cccc(OCc2ccccc2)c1. The summed E-state index contributed by atoms with van der Waals surface area (Å²) in [6, 6.07) is 18.2. The third-order valence-electron chi connectivity index (χ3n) is 3.41. The highest BCUT2D eigenvalue weighted by Crippen LogP contribution is 2.19. The van der Waals surface area contributed by atoms with Gasteiger partial charge in [-0.2, -0.15) is 0 Å². The number of benzene rings is 2. The molecule has 0 unspecified atom stereocenters. The third-order valence-corrected chi connectivity index (χ3v) is 5.12. The molecule has 1 amide bonds. The molecule has 0 bridgehead atoms. The summed E-state index contributed by atoms with van der Waals surface area (Å²) >= 11 is 0. The van der Waals surface area contributed by atoms with Gasteiger partial charge >= 0.3 is 6.09 Å². The lowest BCUT2D eigenvalue weighted by atomic mass is 10.2. The molecule has 0 aliphatic rings. The zero-order valence-corrected chi connectivity index (χ0v) is 15.5. The van der Waals surface area contributed by atoms with E-state index < -0.39 is 14.2 Å². The number of anilines is 1. The summed E-state index contributed by atoms with van der Waals surface area (Å²) in [6.07, 6.45) is -0.423. The fraction of sp³-hybridized carbons (Fsp3) is 0.316. The molecule has 0 heterocycles. The van der Waals surface area contributed by atoms with Gasteiger partial charge < -0.3 is 9.47 Å². The van der Waals surface area contributed by atoms with Gasteiger partial charge in [0.15, 0.2) is 0 Å². The Hall–Kier alpha value is -2.27. The van der Waals surface area contributed by atoms with E-state index in [-0.39, 0.29) is 0 Å². The van der Waals surface area contributed by atoms with E-state index in [0.717, 1.165) is 11.6 Å². The summed E-state index contributed by atoms with van der Waals surface area (Å²) < 4.78 is 11.0. The van der Waals surface area contributed by atoms with Gasteiger partial charge in [0.05, 0.1) is 6.61 Å². The highest BCUT2D eigenvalue weighted by molar-refractivity contribution is 6.76. The van der Waals surface area contributed by atoms with Crippen molar-refractivity contribution in [2.24, 2.45) is 0 Å². The Balaban J connectivity index is 1.82. The number of ether oxygens (including phenoxy) is 2. The molecular formula is C19H25NO3Si. The molecule has 24 heavy (non-hydrogen) atoms. The van der Waals surface area contributed by atoms with Crippen molar-refractivity contribution >= 4 is 19.9 Å². The van der Waals surface area contributed by atoms with E-state index in [1.54, 1.807) is 6.07 Å². The number of amides is 1. The number of carbonyl (C=O) groups is 1. The first-order valence-electron chi connectivity index (χ1n) is 8.13. The largest absolute Gasteiger partial charge is 0.489 e. The van der Waals surface area contributed by atoms with Crippen LogP contribution in [0, 0.1) is 0 Å². The Morgan fingerprint density at radius 3 is 2.50 bits per heavy atom. The highest BCUT2D eigenvalue weighted by atomic mass is 28.3. The first-order chi connectivity index (χ1) is 11.4. The van der Waals surface area contributed by atoms with E-state index in [4.69, 9.17) is 9.47 Å². The van der Waals surface area contributed by atoms with Gasteiger partial charge in [-0.1, -0.05) is 56.0 Å². The second-order valence-electron chi connectivity index (χ2n) is 6.87. The van der Waals surface area contributed by atoms with Crippen molar-refractivity contribution in [3.63, 3.8) is 0 Å². The zero-order chi connectivity index (χ0) is 17.4. The average molecular weight is 343 g/mol. The lowest BCUT2D eigenvalue weighted by Gasteiger charge is -2.15. The van der Waals surface area contributed by atoms with Crippen molar-refractivity contribution in [1.82, 2.24) is 0 Å². The van der Waals surface area contributed by atoms with E-state index in [1.807, 2.05) is 48.5 Å². The number of carbonyl (C=O) groups excluding carboxylic acids is 1. The third kappa shape index (κ3) is 6.87. The van der Waals surface area contributed by atoms with Crippen LogP contribution in [0.3, 0.4) is 0 Å². The van der Waals surface area contributed by atoms with Gasteiger partial charge in [0.2, 0.25) is 0 Å². The molecule has 0 saturated heterocycles. The van der Waals surface area contributed by atoms with E-state index >= 15 is 0 Å². The number of nitrogens with one attached hydrogen (secondary N) is 1. The Morgan fingerprint density at radius 1 is 1.04 bits per heavy atom. The number of hydrogen-bond acceptors (Lipinski definition) is 3. The summed E-state index contributed by atoms with van der Waals surface area (Å²) in [7, 11) is -1.19. The Bertz CT molecular complexity index is 653. The van der Waals surface area contributed by atoms with Crippen LogP contribution in [0.5, 0.6) is 5.75 Å². The van der Waals surface area contributed by atoms with Gasteiger partial charge in [-0.05, 0) is 23.7 Å². The zero-order valence-electron chi connectivity index (χ0n) is 14.5. The molecule has 0 radical (unpaired) electrons. The Labute approximate surface area is 144 Å². The lowest BCUT2D eigenvalue weighted by Crippen LogP contribution is -2.24. The van der Waals surface area contributed by atoms with Gasteiger partial charge in [0.1, 0.15) is 12.4 Å². The quantitative estimate of drug-likeness (QED) is 0.707. The second kappa shape index (κ2) is 8.54. The normalized spacial score (nSPS) is 11.0. The van der Waals surface area contributed by atoms with Crippen LogP contribution in [0.4, 0.5) is 10.5 Å². The maximum Gasteiger partial charge on any atom is 0.411 e. The minimum Gasteiger partial charge on any atom is -0.489 e. The van der Waals surface area contributed by atoms with Crippen LogP contribution in [0.2, 0.25) is 25.7 Å². The molecule has 2 aromatic carbocycles. The van der Waals surface area contributed by atoms with Crippen LogP contribution < -0.4 is 10.1 Å². The predicted octanol–water partition coefficient (Wildman–Crippen LogP) is 5.15. The Kier molecular flexibility index (Phi) is 6.43. The molecule has 4 nitrogen and oxygen atoms in total. The molecule has 2 aromatic rings. The molecule has 0 fully saturated rings. The lowest BCUT2D eigenvalue weighted by molar-refractivity contribution is 0.167. The van der Waals surface area contributed by atoms with Gasteiger partial charge in [-0.3, -0.25) is 5.32 Å². The molecule has 0 saturated carbocycles. The van der Waals surface area contributed by atoms with Crippen molar-refractivity contribution in [2.45, 2.75) is 32.3 Å². The van der Waals surface area contributed by atoms with Gasteiger partial charge in [-0.25, -0.2) is 4.79 Å². The van der Waals surface area contributed by atoms with Crippen LogP contribution in [0.1, 0.15) is 5.56 Å². The highest BCUT2D eigenvalue weighted by Gasteiger charge is 2.14. The van der Waals surface area contributed by atoms with E-state index in [9.17, 15) is 4.79 Å². The van der Waals surface area contributed by atoms with Crippen molar-refractivity contribution in [3.8, 4) is 5.75 Å². The van der Waals surface area contributed by atoms with Crippen LogP contribution in [-0.2, 0) is 11.3 Å². The van der Waals surface area contributed by atoms with Crippen molar-refractivity contribution in [2.75, 3.05) is 11.9 Å². The van der Waals surface area contributed by atoms with Gasteiger partial charge in [-0.15, -0.1) is 0 Å². The Morgan fingerprint density at radius 2 is 1.79 bits per heavy atom. The molecule has 0 aliphatic heterocycles. The fourth-order valence-corrected chi connectivity index (χ4v) is 2.72. The average Bonchev–Trinajstić information content (AvgIpc) is 2.53. The van der Waals surface area contributed by atoms with Gasteiger partial charge in [0, 0.05) is 19.8 Å². The molecule has 0 atom stereocenters. The van der Waals surface area contributed by atoms with Crippen LogP contribution in [-0.4, -0.2) is 20.8 Å². The molecule has 5 heteroatoms. The standard InChI is InChI=1S/C19H25NO3Si/c1-24(2,3)13-12-22-19(21)20-17-10-7-11-18(14-17)23-15-16-8-5-4-6-9-16/h4-11,14H,12-13,15H2,1-3H3,(H,20,21). The predicted molar refractivity (Wildman–Crippen MR) is 100 cm³/mol.